The average molecular weight is 271 g/mol. The molecule has 0 aromatic heterocycles. The largest absolute Gasteiger partial charge is 0.497 e. The van der Waals surface area contributed by atoms with Crippen molar-refractivity contribution >= 4 is 0 Å². The number of rotatable bonds is 5. The quantitative estimate of drug-likeness (QED) is 0.908. The van der Waals surface area contributed by atoms with Gasteiger partial charge in [-0.25, -0.2) is 0 Å². The molecule has 20 heavy (non-hydrogen) atoms. The van der Waals surface area contributed by atoms with E-state index in [2.05, 4.69) is 0 Å². The standard InChI is InChI=1S/C17H21NO2/c1-17(18,14-5-4-6-16(11-14)20-3)12-13-7-9-15(19-2)10-8-13/h4-11H,12,18H2,1-3H3. The second-order valence-electron chi connectivity index (χ2n) is 5.17. The molecule has 2 rings (SSSR count). The predicted octanol–water partition coefficient (Wildman–Crippen LogP) is 3.12. The Labute approximate surface area is 120 Å². The second kappa shape index (κ2) is 5.97. The summed E-state index contributed by atoms with van der Waals surface area (Å²) < 4.78 is 10.4. The zero-order valence-electron chi connectivity index (χ0n) is 12.2. The monoisotopic (exact) mass is 271 g/mol. The van der Waals surface area contributed by atoms with E-state index in [9.17, 15) is 0 Å². The van der Waals surface area contributed by atoms with Gasteiger partial charge in [-0.15, -0.1) is 0 Å². The maximum atomic E-state index is 6.48. The number of hydrogen-bond acceptors (Lipinski definition) is 3. The molecule has 0 aliphatic heterocycles. The zero-order chi connectivity index (χ0) is 14.6. The van der Waals surface area contributed by atoms with Gasteiger partial charge in [-0.3, -0.25) is 0 Å². The first-order chi connectivity index (χ1) is 9.55. The minimum atomic E-state index is -0.441. The summed E-state index contributed by atoms with van der Waals surface area (Å²) >= 11 is 0. The molecule has 2 aromatic rings. The van der Waals surface area contributed by atoms with E-state index in [1.807, 2.05) is 55.5 Å². The summed E-state index contributed by atoms with van der Waals surface area (Å²) in [7, 11) is 3.33. The smallest absolute Gasteiger partial charge is 0.119 e. The number of benzene rings is 2. The first-order valence-electron chi connectivity index (χ1n) is 6.61. The lowest BCUT2D eigenvalue weighted by Gasteiger charge is -2.26. The normalized spacial score (nSPS) is 13.6. The van der Waals surface area contributed by atoms with E-state index in [0.717, 1.165) is 23.5 Å². The molecule has 0 heterocycles. The highest BCUT2D eigenvalue weighted by Gasteiger charge is 2.22. The highest BCUT2D eigenvalue weighted by atomic mass is 16.5. The van der Waals surface area contributed by atoms with E-state index >= 15 is 0 Å². The van der Waals surface area contributed by atoms with Crippen LogP contribution in [0.4, 0.5) is 0 Å². The van der Waals surface area contributed by atoms with Crippen LogP contribution >= 0.6 is 0 Å². The summed E-state index contributed by atoms with van der Waals surface area (Å²) in [5, 5.41) is 0. The van der Waals surface area contributed by atoms with Gasteiger partial charge >= 0.3 is 0 Å². The van der Waals surface area contributed by atoms with Crippen LogP contribution in [0.2, 0.25) is 0 Å². The van der Waals surface area contributed by atoms with Crippen LogP contribution in [0.1, 0.15) is 18.1 Å². The van der Waals surface area contributed by atoms with E-state index in [1.54, 1.807) is 14.2 Å². The molecule has 0 aliphatic carbocycles. The maximum Gasteiger partial charge on any atom is 0.119 e. The lowest BCUT2D eigenvalue weighted by atomic mass is 9.86. The Balaban J connectivity index is 2.20. The van der Waals surface area contributed by atoms with Crippen molar-refractivity contribution in [1.29, 1.82) is 0 Å². The fraction of sp³-hybridized carbons (Fsp3) is 0.294. The third-order valence-electron chi connectivity index (χ3n) is 3.46. The molecule has 0 aliphatic rings. The average Bonchev–Trinajstić information content (AvgIpc) is 2.48. The zero-order valence-corrected chi connectivity index (χ0v) is 12.2. The topological polar surface area (TPSA) is 44.5 Å². The van der Waals surface area contributed by atoms with Crippen molar-refractivity contribution in [3.05, 3.63) is 59.7 Å². The molecule has 0 amide bonds. The highest BCUT2D eigenvalue weighted by molar-refractivity contribution is 5.35. The first-order valence-corrected chi connectivity index (χ1v) is 6.61. The minimum absolute atomic E-state index is 0.441. The van der Waals surface area contributed by atoms with Gasteiger partial charge in [0, 0.05) is 5.54 Å². The van der Waals surface area contributed by atoms with Crippen molar-refractivity contribution in [3.63, 3.8) is 0 Å². The molecule has 1 atom stereocenters. The van der Waals surface area contributed by atoms with Gasteiger partial charge in [0.25, 0.3) is 0 Å². The van der Waals surface area contributed by atoms with Crippen LogP contribution in [0.15, 0.2) is 48.5 Å². The molecule has 106 valence electrons. The molecule has 0 spiro atoms. The van der Waals surface area contributed by atoms with Crippen LogP contribution in [0.5, 0.6) is 11.5 Å². The van der Waals surface area contributed by atoms with Crippen molar-refractivity contribution in [3.8, 4) is 11.5 Å². The maximum absolute atomic E-state index is 6.48. The molecule has 0 saturated heterocycles. The predicted molar refractivity (Wildman–Crippen MR) is 81.2 cm³/mol. The van der Waals surface area contributed by atoms with Gasteiger partial charge in [0.2, 0.25) is 0 Å². The molecule has 2 N–H and O–H groups in total. The van der Waals surface area contributed by atoms with Gasteiger partial charge < -0.3 is 15.2 Å². The summed E-state index contributed by atoms with van der Waals surface area (Å²) in [6.45, 7) is 2.03. The van der Waals surface area contributed by atoms with Gasteiger partial charge in [-0.2, -0.15) is 0 Å². The summed E-state index contributed by atoms with van der Waals surface area (Å²) in [6.07, 6.45) is 0.754. The Morgan fingerprint density at radius 1 is 0.950 bits per heavy atom. The molecule has 2 aromatic carbocycles. The van der Waals surface area contributed by atoms with E-state index in [0.29, 0.717) is 0 Å². The number of methoxy groups -OCH3 is 2. The van der Waals surface area contributed by atoms with Crippen LogP contribution in [-0.2, 0) is 12.0 Å². The fourth-order valence-electron chi connectivity index (χ4n) is 2.25. The van der Waals surface area contributed by atoms with Crippen molar-refractivity contribution < 1.29 is 9.47 Å². The SMILES string of the molecule is COc1ccc(CC(C)(N)c2cccc(OC)c2)cc1. The number of nitrogens with two attached hydrogens (primary N) is 1. The molecule has 1 unspecified atom stereocenters. The lowest BCUT2D eigenvalue weighted by molar-refractivity contribution is 0.410. The van der Waals surface area contributed by atoms with Crippen molar-refractivity contribution in [2.45, 2.75) is 18.9 Å². The van der Waals surface area contributed by atoms with Crippen molar-refractivity contribution in [1.82, 2.24) is 0 Å². The Morgan fingerprint density at radius 2 is 1.60 bits per heavy atom. The van der Waals surface area contributed by atoms with Crippen LogP contribution < -0.4 is 15.2 Å². The Kier molecular flexibility index (Phi) is 4.30. The van der Waals surface area contributed by atoms with Crippen LogP contribution in [-0.4, -0.2) is 14.2 Å². The Morgan fingerprint density at radius 3 is 2.20 bits per heavy atom. The van der Waals surface area contributed by atoms with Gasteiger partial charge in [-0.1, -0.05) is 24.3 Å². The fourth-order valence-corrected chi connectivity index (χ4v) is 2.25. The summed E-state index contributed by atoms with van der Waals surface area (Å²) in [4.78, 5) is 0. The number of hydrogen-bond donors (Lipinski definition) is 1. The van der Waals surface area contributed by atoms with Crippen LogP contribution in [0.3, 0.4) is 0 Å². The van der Waals surface area contributed by atoms with Crippen LogP contribution in [0.25, 0.3) is 0 Å². The van der Waals surface area contributed by atoms with E-state index in [1.165, 1.54) is 5.56 Å². The summed E-state index contributed by atoms with van der Waals surface area (Å²) in [5.41, 5.74) is 8.28. The van der Waals surface area contributed by atoms with E-state index in [-0.39, 0.29) is 0 Å². The molecular weight excluding hydrogens is 250 g/mol. The highest BCUT2D eigenvalue weighted by Crippen LogP contribution is 2.26. The van der Waals surface area contributed by atoms with Gasteiger partial charge in [-0.05, 0) is 48.7 Å². The first kappa shape index (κ1) is 14.4. The lowest BCUT2D eigenvalue weighted by Crippen LogP contribution is -2.35. The summed E-state index contributed by atoms with van der Waals surface area (Å²) in [6, 6.07) is 15.9. The van der Waals surface area contributed by atoms with Crippen molar-refractivity contribution in [2.75, 3.05) is 14.2 Å². The molecular formula is C17H21NO2. The molecule has 0 bridgehead atoms. The van der Waals surface area contributed by atoms with E-state index < -0.39 is 5.54 Å². The Bertz CT molecular complexity index is 561. The minimum Gasteiger partial charge on any atom is -0.497 e. The third kappa shape index (κ3) is 3.31. The molecule has 0 radical (unpaired) electrons. The molecule has 0 fully saturated rings. The molecule has 3 heteroatoms. The molecule has 3 nitrogen and oxygen atoms in total. The van der Waals surface area contributed by atoms with E-state index in [4.69, 9.17) is 15.2 Å². The summed E-state index contributed by atoms with van der Waals surface area (Å²) in [5.74, 6) is 1.68. The van der Waals surface area contributed by atoms with Crippen LogP contribution in [0, 0.1) is 0 Å². The third-order valence-corrected chi connectivity index (χ3v) is 3.46. The van der Waals surface area contributed by atoms with Gasteiger partial charge in [0.15, 0.2) is 0 Å². The van der Waals surface area contributed by atoms with Gasteiger partial charge in [0.1, 0.15) is 11.5 Å². The van der Waals surface area contributed by atoms with Gasteiger partial charge in [0.05, 0.1) is 14.2 Å². The molecule has 0 saturated carbocycles. The Hall–Kier alpha value is -2.00. The number of ether oxygens (including phenoxy) is 2. The second-order valence-corrected chi connectivity index (χ2v) is 5.17. The van der Waals surface area contributed by atoms with Crippen molar-refractivity contribution in [2.24, 2.45) is 5.73 Å².